The van der Waals surface area contributed by atoms with Gasteiger partial charge in [-0.3, -0.25) is 4.98 Å². The Morgan fingerprint density at radius 1 is 0.640 bits per heavy atom. The van der Waals surface area contributed by atoms with Gasteiger partial charge in [-0.05, 0) is 25.0 Å². The second-order valence-electron chi connectivity index (χ2n) is 7.13. The maximum Gasteiger partial charge on any atom is 0.0705 e. The predicted octanol–water partition coefficient (Wildman–Crippen LogP) is 8.06. The van der Waals surface area contributed by atoms with Crippen molar-refractivity contribution >= 4 is 27.9 Å². The van der Waals surface area contributed by atoms with Gasteiger partial charge in [0.25, 0.3) is 0 Å². The number of hydrogen-bond acceptors (Lipinski definition) is 1. The van der Waals surface area contributed by atoms with Crippen molar-refractivity contribution < 1.29 is 0 Å². The van der Waals surface area contributed by atoms with E-state index in [1.165, 1.54) is 88.1 Å². The Kier molecular flexibility index (Phi) is 12.7. The van der Waals surface area contributed by atoms with Crippen LogP contribution < -0.4 is 0 Å². The van der Waals surface area contributed by atoms with Gasteiger partial charge in [0.2, 0.25) is 0 Å². The Morgan fingerprint density at radius 2 is 1.20 bits per heavy atom. The lowest BCUT2D eigenvalue weighted by atomic mass is 10.0. The molecule has 2 heteroatoms. The molecule has 140 valence electrons. The summed E-state index contributed by atoms with van der Waals surface area (Å²) in [6.45, 7) is 2.29. The molecule has 0 saturated heterocycles. The number of fused-ring (bicyclic) bond motifs is 1. The molecule has 1 heterocycles. The highest BCUT2D eigenvalue weighted by Crippen LogP contribution is 2.15. The molecular weight excluding hydrogens is 370 g/mol. The van der Waals surface area contributed by atoms with Crippen LogP contribution in [-0.2, 0) is 6.42 Å². The van der Waals surface area contributed by atoms with Gasteiger partial charge in [-0.2, -0.15) is 0 Å². The maximum absolute atomic E-state index is 4.76. The van der Waals surface area contributed by atoms with Gasteiger partial charge in [0, 0.05) is 11.1 Å². The van der Waals surface area contributed by atoms with E-state index in [-0.39, 0.29) is 17.0 Å². The van der Waals surface area contributed by atoms with Crippen LogP contribution in [0.2, 0.25) is 0 Å². The molecule has 0 fully saturated rings. The minimum atomic E-state index is 0. The highest BCUT2D eigenvalue weighted by atomic mass is 79.9. The highest BCUT2D eigenvalue weighted by molar-refractivity contribution is 8.93. The number of halogens is 1. The first-order valence-electron chi connectivity index (χ1n) is 10.2. The van der Waals surface area contributed by atoms with Gasteiger partial charge >= 0.3 is 0 Å². The van der Waals surface area contributed by atoms with Crippen LogP contribution in [0.3, 0.4) is 0 Å². The van der Waals surface area contributed by atoms with Crippen LogP contribution in [0, 0.1) is 0 Å². The topological polar surface area (TPSA) is 12.9 Å². The first kappa shape index (κ1) is 22.2. The zero-order valence-corrected chi connectivity index (χ0v) is 17.7. The Hall–Kier alpha value is -0.890. The van der Waals surface area contributed by atoms with Gasteiger partial charge in [-0.25, -0.2) is 0 Å². The zero-order valence-electron chi connectivity index (χ0n) is 16.0. The lowest BCUT2D eigenvalue weighted by molar-refractivity contribution is 0.543. The Labute approximate surface area is 165 Å². The van der Waals surface area contributed by atoms with Gasteiger partial charge < -0.3 is 0 Å². The maximum atomic E-state index is 4.76. The average Bonchev–Trinajstić information content (AvgIpc) is 2.62. The molecule has 1 aromatic carbocycles. The van der Waals surface area contributed by atoms with E-state index in [1.807, 2.05) is 0 Å². The summed E-state index contributed by atoms with van der Waals surface area (Å²) >= 11 is 0. The molecule has 1 nitrogen and oxygen atoms in total. The molecule has 0 aliphatic heterocycles. The Morgan fingerprint density at radius 3 is 1.84 bits per heavy atom. The van der Waals surface area contributed by atoms with Crippen LogP contribution in [0.5, 0.6) is 0 Å². The molecule has 0 amide bonds. The molecule has 0 N–H and O–H groups in total. The molecule has 0 aliphatic rings. The van der Waals surface area contributed by atoms with E-state index in [9.17, 15) is 0 Å². The van der Waals surface area contributed by atoms with Crippen molar-refractivity contribution in [2.45, 2.75) is 90.4 Å². The lowest BCUT2D eigenvalue weighted by Crippen LogP contribution is -1.91. The molecule has 0 radical (unpaired) electrons. The number of nitrogens with zero attached hydrogens (tertiary/aromatic N) is 1. The number of pyridine rings is 1. The van der Waals surface area contributed by atoms with Crippen LogP contribution in [0.4, 0.5) is 0 Å². The van der Waals surface area contributed by atoms with Gasteiger partial charge in [-0.1, -0.05) is 102 Å². The summed E-state index contributed by atoms with van der Waals surface area (Å²) in [5.74, 6) is 0. The van der Waals surface area contributed by atoms with Crippen LogP contribution in [0.1, 0.15) is 89.7 Å². The number of para-hydroxylation sites is 1. The molecule has 2 aromatic rings. The van der Waals surface area contributed by atoms with Crippen molar-refractivity contribution in [3.63, 3.8) is 0 Å². The molecule has 0 saturated carbocycles. The molecular formula is C23H36BrN. The molecule has 0 unspecified atom stereocenters. The summed E-state index contributed by atoms with van der Waals surface area (Å²) in [7, 11) is 0. The number of benzene rings is 1. The molecule has 2 rings (SSSR count). The second kappa shape index (κ2) is 14.3. The monoisotopic (exact) mass is 405 g/mol. The quantitative estimate of drug-likeness (QED) is 0.307. The first-order valence-corrected chi connectivity index (χ1v) is 10.2. The summed E-state index contributed by atoms with van der Waals surface area (Å²) in [6, 6.07) is 12.8. The minimum Gasteiger partial charge on any atom is -0.253 e. The molecule has 0 bridgehead atoms. The van der Waals surface area contributed by atoms with Gasteiger partial charge in [0.1, 0.15) is 0 Å². The predicted molar refractivity (Wildman–Crippen MR) is 117 cm³/mol. The van der Waals surface area contributed by atoms with Gasteiger partial charge in [-0.15, -0.1) is 17.0 Å². The smallest absolute Gasteiger partial charge is 0.0705 e. The number of hydrogen-bond donors (Lipinski definition) is 0. The van der Waals surface area contributed by atoms with Crippen molar-refractivity contribution in [3.8, 4) is 0 Å². The number of aromatic nitrogens is 1. The number of aryl methyl sites for hydroxylation is 1. The van der Waals surface area contributed by atoms with E-state index in [2.05, 4.69) is 43.3 Å². The van der Waals surface area contributed by atoms with Gasteiger partial charge in [0.05, 0.1) is 5.52 Å². The van der Waals surface area contributed by atoms with Crippen LogP contribution in [-0.4, -0.2) is 4.98 Å². The summed E-state index contributed by atoms with van der Waals surface area (Å²) in [4.78, 5) is 4.76. The third-order valence-electron chi connectivity index (χ3n) is 4.94. The van der Waals surface area contributed by atoms with E-state index >= 15 is 0 Å². The number of unbranched alkanes of at least 4 members (excludes halogenated alkanes) is 11. The fourth-order valence-corrected chi connectivity index (χ4v) is 3.39. The highest BCUT2D eigenvalue weighted by Gasteiger charge is 1.99. The molecule has 0 spiro atoms. The van der Waals surface area contributed by atoms with E-state index in [0.29, 0.717) is 0 Å². The molecule has 0 atom stereocenters. The van der Waals surface area contributed by atoms with Crippen LogP contribution >= 0.6 is 17.0 Å². The van der Waals surface area contributed by atoms with E-state index in [1.54, 1.807) is 0 Å². The Balaban J connectivity index is 0.00000312. The molecule has 0 aliphatic carbocycles. The standard InChI is InChI=1S/C23H35N.BrH/c1-2-3-4-5-6-7-8-9-10-11-12-13-17-22-20-19-21-16-14-15-18-23(21)24-22;/h14-16,18-20H,2-13,17H2,1H3;1H. The average molecular weight is 406 g/mol. The van der Waals surface area contributed by atoms with Crippen molar-refractivity contribution in [2.75, 3.05) is 0 Å². The Bertz CT molecular complexity index is 567. The van der Waals surface area contributed by atoms with E-state index < -0.39 is 0 Å². The fourth-order valence-electron chi connectivity index (χ4n) is 3.39. The fraction of sp³-hybridized carbons (Fsp3) is 0.609. The summed E-state index contributed by atoms with van der Waals surface area (Å²) in [5.41, 5.74) is 2.38. The number of rotatable bonds is 13. The van der Waals surface area contributed by atoms with Crippen molar-refractivity contribution in [1.29, 1.82) is 0 Å². The van der Waals surface area contributed by atoms with Crippen LogP contribution in [0.25, 0.3) is 10.9 Å². The van der Waals surface area contributed by atoms with Crippen molar-refractivity contribution in [3.05, 3.63) is 42.1 Å². The molecule has 1 aromatic heterocycles. The SMILES string of the molecule is Br.CCCCCCCCCCCCCCc1ccc2ccccc2n1. The third kappa shape index (κ3) is 9.39. The minimum absolute atomic E-state index is 0. The normalized spacial score (nSPS) is 10.8. The summed E-state index contributed by atoms with van der Waals surface area (Å²) in [5, 5.41) is 1.25. The summed E-state index contributed by atoms with van der Waals surface area (Å²) < 4.78 is 0. The second-order valence-corrected chi connectivity index (χ2v) is 7.13. The van der Waals surface area contributed by atoms with Crippen molar-refractivity contribution in [2.24, 2.45) is 0 Å². The third-order valence-corrected chi connectivity index (χ3v) is 4.94. The van der Waals surface area contributed by atoms with Gasteiger partial charge in [0.15, 0.2) is 0 Å². The largest absolute Gasteiger partial charge is 0.253 e. The zero-order chi connectivity index (χ0) is 16.9. The lowest BCUT2D eigenvalue weighted by Gasteiger charge is -2.04. The first-order chi connectivity index (χ1) is 11.9. The van der Waals surface area contributed by atoms with Crippen molar-refractivity contribution in [1.82, 2.24) is 4.98 Å². The molecule has 25 heavy (non-hydrogen) atoms. The summed E-state index contributed by atoms with van der Waals surface area (Å²) in [6.07, 6.45) is 18.0. The van der Waals surface area contributed by atoms with Crippen LogP contribution in [0.15, 0.2) is 36.4 Å². The van der Waals surface area contributed by atoms with E-state index in [0.717, 1.165) is 11.9 Å². The van der Waals surface area contributed by atoms with E-state index in [4.69, 9.17) is 4.98 Å².